The lowest BCUT2D eigenvalue weighted by Crippen LogP contribution is -2.56. The highest BCUT2D eigenvalue weighted by Crippen LogP contribution is 2.43. The van der Waals surface area contributed by atoms with Crippen molar-refractivity contribution in [2.75, 3.05) is 6.54 Å². The Morgan fingerprint density at radius 1 is 1.06 bits per heavy atom. The molecule has 2 aliphatic carbocycles. The molecule has 1 aromatic rings. The summed E-state index contributed by atoms with van der Waals surface area (Å²) in [7, 11) is -4.08. The lowest BCUT2D eigenvalue weighted by Gasteiger charge is -2.50. The van der Waals surface area contributed by atoms with E-state index >= 15 is 0 Å². The van der Waals surface area contributed by atoms with Crippen LogP contribution in [0.4, 0.5) is 4.79 Å². The molecule has 1 amide bonds. The molecule has 0 aromatic heterocycles. The SMILES string of the molecule is CCC[C@H]1C[C@@H](N(C(=O)O)S(=O)(=O)c2ccccc2)CCN1[C@H]1C[C@@H]2CCC[C@@H](C2)C1. The summed E-state index contributed by atoms with van der Waals surface area (Å²) in [6.45, 7) is 2.95. The van der Waals surface area contributed by atoms with Crippen LogP contribution in [0.5, 0.6) is 0 Å². The maximum atomic E-state index is 13.2. The van der Waals surface area contributed by atoms with Gasteiger partial charge in [-0.3, -0.25) is 4.90 Å². The fraction of sp³-hybridized carbons (Fsp3) is 0.708. The Hall–Kier alpha value is -1.60. The molecule has 31 heavy (non-hydrogen) atoms. The first-order valence-electron chi connectivity index (χ1n) is 12.0. The normalized spacial score (nSPS) is 31.8. The standard InChI is InChI=1S/C24H36N2O4S/c1-2-7-20-17-21(26(24(27)28)31(29,30)23-10-4-3-5-11-23)12-13-25(20)22-15-18-8-6-9-19(14-18)16-22/h3-5,10-11,18-22H,2,6-9,12-17H2,1H3,(H,27,28)/t18-,19+,20-,21-,22+/m0/s1. The summed E-state index contributed by atoms with van der Waals surface area (Å²) in [6, 6.07) is 8.28. The third kappa shape index (κ3) is 4.77. The zero-order valence-electron chi connectivity index (χ0n) is 18.5. The van der Waals surface area contributed by atoms with Crippen molar-refractivity contribution < 1.29 is 18.3 Å². The Balaban J connectivity index is 1.53. The van der Waals surface area contributed by atoms with Crippen LogP contribution in [-0.4, -0.2) is 53.5 Å². The number of rotatable bonds is 6. The molecule has 5 atom stereocenters. The van der Waals surface area contributed by atoms with Gasteiger partial charge in [-0.1, -0.05) is 50.8 Å². The molecule has 0 unspecified atom stereocenters. The molecule has 1 aliphatic heterocycles. The second-order valence-corrected chi connectivity index (χ2v) is 11.6. The number of likely N-dealkylation sites (tertiary alicyclic amines) is 1. The van der Waals surface area contributed by atoms with E-state index in [4.69, 9.17) is 0 Å². The Labute approximate surface area is 186 Å². The second-order valence-electron chi connectivity index (χ2n) is 9.78. The molecule has 1 aromatic carbocycles. The van der Waals surface area contributed by atoms with Crippen LogP contribution in [-0.2, 0) is 10.0 Å². The molecular weight excluding hydrogens is 412 g/mol. The fourth-order valence-electron chi connectivity index (χ4n) is 6.49. The van der Waals surface area contributed by atoms with E-state index in [0.717, 1.165) is 35.5 Å². The van der Waals surface area contributed by atoms with Crippen molar-refractivity contribution in [3.8, 4) is 0 Å². The molecule has 2 saturated carbocycles. The van der Waals surface area contributed by atoms with Crippen LogP contribution in [0.25, 0.3) is 0 Å². The number of benzene rings is 1. The van der Waals surface area contributed by atoms with Gasteiger partial charge in [0.15, 0.2) is 0 Å². The molecule has 0 radical (unpaired) electrons. The average molecular weight is 449 g/mol. The van der Waals surface area contributed by atoms with Crippen LogP contribution in [0, 0.1) is 11.8 Å². The van der Waals surface area contributed by atoms with E-state index in [0.29, 0.717) is 18.9 Å². The number of hydrogen-bond acceptors (Lipinski definition) is 4. The predicted molar refractivity (Wildman–Crippen MR) is 120 cm³/mol. The molecule has 1 saturated heterocycles. The number of fused-ring (bicyclic) bond motifs is 2. The van der Waals surface area contributed by atoms with Crippen molar-refractivity contribution in [3.05, 3.63) is 30.3 Å². The zero-order chi connectivity index (χ0) is 22.0. The second kappa shape index (κ2) is 9.49. The summed E-state index contributed by atoms with van der Waals surface area (Å²) in [5.74, 6) is 1.68. The van der Waals surface area contributed by atoms with Gasteiger partial charge in [0.2, 0.25) is 0 Å². The van der Waals surface area contributed by atoms with E-state index in [1.54, 1.807) is 18.2 Å². The number of carboxylic acid groups (broad SMARTS) is 1. The van der Waals surface area contributed by atoms with Crippen LogP contribution in [0.2, 0.25) is 0 Å². The maximum absolute atomic E-state index is 13.2. The van der Waals surface area contributed by atoms with E-state index < -0.39 is 22.2 Å². The third-order valence-corrected chi connectivity index (χ3v) is 9.59. The zero-order valence-corrected chi connectivity index (χ0v) is 19.3. The van der Waals surface area contributed by atoms with Gasteiger partial charge >= 0.3 is 6.09 Å². The first-order chi connectivity index (χ1) is 14.9. The van der Waals surface area contributed by atoms with Crippen molar-refractivity contribution in [1.29, 1.82) is 0 Å². The molecule has 4 rings (SSSR count). The van der Waals surface area contributed by atoms with Gasteiger partial charge in [0.1, 0.15) is 0 Å². The minimum absolute atomic E-state index is 0.0481. The van der Waals surface area contributed by atoms with Gasteiger partial charge < -0.3 is 5.11 Å². The molecule has 3 aliphatic rings. The van der Waals surface area contributed by atoms with Gasteiger partial charge in [-0.15, -0.1) is 0 Å². The predicted octanol–water partition coefficient (Wildman–Crippen LogP) is 4.96. The third-order valence-electron chi connectivity index (χ3n) is 7.75. The Kier molecular flexibility index (Phi) is 6.92. The first kappa shape index (κ1) is 22.6. The average Bonchev–Trinajstić information content (AvgIpc) is 2.74. The molecule has 0 spiro atoms. The summed E-state index contributed by atoms with van der Waals surface area (Å²) in [6.07, 6.45) is 9.77. The topological polar surface area (TPSA) is 77.9 Å². The number of hydrogen-bond donors (Lipinski definition) is 1. The lowest BCUT2D eigenvalue weighted by molar-refractivity contribution is 0.00744. The monoisotopic (exact) mass is 448 g/mol. The van der Waals surface area contributed by atoms with Crippen LogP contribution in [0.1, 0.15) is 71.1 Å². The first-order valence-corrected chi connectivity index (χ1v) is 13.4. The van der Waals surface area contributed by atoms with E-state index in [9.17, 15) is 18.3 Å². The number of nitrogens with zero attached hydrogens (tertiary/aromatic N) is 2. The van der Waals surface area contributed by atoms with Crippen molar-refractivity contribution in [1.82, 2.24) is 9.21 Å². The molecule has 7 heteroatoms. The van der Waals surface area contributed by atoms with Gasteiger partial charge in [0.05, 0.1) is 10.9 Å². The molecule has 3 fully saturated rings. The van der Waals surface area contributed by atoms with Crippen molar-refractivity contribution in [2.45, 2.75) is 94.2 Å². The Morgan fingerprint density at radius 2 is 1.74 bits per heavy atom. The van der Waals surface area contributed by atoms with E-state index in [1.165, 1.54) is 50.7 Å². The summed E-state index contributed by atoms with van der Waals surface area (Å²) >= 11 is 0. The number of carbonyl (C=O) groups is 1. The smallest absolute Gasteiger partial charge is 0.421 e. The molecule has 1 N–H and O–H groups in total. The fourth-order valence-corrected chi connectivity index (χ4v) is 8.00. The number of piperidine rings is 1. The van der Waals surface area contributed by atoms with Crippen LogP contribution < -0.4 is 0 Å². The van der Waals surface area contributed by atoms with Crippen LogP contribution >= 0.6 is 0 Å². The largest absolute Gasteiger partial charge is 0.464 e. The van der Waals surface area contributed by atoms with Crippen LogP contribution in [0.15, 0.2) is 35.2 Å². The van der Waals surface area contributed by atoms with Gasteiger partial charge in [-0.25, -0.2) is 13.2 Å². The summed E-state index contributed by atoms with van der Waals surface area (Å²) in [4.78, 5) is 14.8. The minimum Gasteiger partial charge on any atom is -0.464 e. The molecule has 2 bridgehead atoms. The van der Waals surface area contributed by atoms with Gasteiger partial charge in [0, 0.05) is 18.6 Å². The van der Waals surface area contributed by atoms with E-state index in [1.807, 2.05) is 0 Å². The van der Waals surface area contributed by atoms with Crippen molar-refractivity contribution in [2.24, 2.45) is 11.8 Å². The Bertz CT molecular complexity index is 848. The quantitative estimate of drug-likeness (QED) is 0.666. The van der Waals surface area contributed by atoms with Crippen molar-refractivity contribution in [3.63, 3.8) is 0 Å². The minimum atomic E-state index is -4.08. The van der Waals surface area contributed by atoms with Gasteiger partial charge in [-0.2, -0.15) is 4.31 Å². The lowest BCUT2D eigenvalue weighted by atomic mass is 9.69. The highest BCUT2D eigenvalue weighted by Gasteiger charge is 2.43. The molecule has 6 nitrogen and oxygen atoms in total. The van der Waals surface area contributed by atoms with Gasteiger partial charge in [-0.05, 0) is 62.5 Å². The Morgan fingerprint density at radius 3 is 2.35 bits per heavy atom. The molecular formula is C24H36N2O4S. The van der Waals surface area contributed by atoms with Crippen molar-refractivity contribution >= 4 is 16.1 Å². The summed E-state index contributed by atoms with van der Waals surface area (Å²) < 4.78 is 27.1. The number of sulfonamides is 1. The molecule has 1 heterocycles. The highest BCUT2D eigenvalue weighted by molar-refractivity contribution is 7.89. The maximum Gasteiger partial charge on any atom is 0.421 e. The highest BCUT2D eigenvalue weighted by atomic mass is 32.2. The van der Waals surface area contributed by atoms with Gasteiger partial charge in [0.25, 0.3) is 10.0 Å². The summed E-state index contributed by atoms with van der Waals surface area (Å²) in [5.41, 5.74) is 0. The summed E-state index contributed by atoms with van der Waals surface area (Å²) in [5, 5.41) is 9.90. The molecule has 172 valence electrons. The van der Waals surface area contributed by atoms with E-state index in [-0.39, 0.29) is 10.9 Å². The number of amides is 1. The van der Waals surface area contributed by atoms with E-state index in [2.05, 4.69) is 11.8 Å². The van der Waals surface area contributed by atoms with Crippen LogP contribution in [0.3, 0.4) is 0 Å².